The van der Waals surface area contributed by atoms with Crippen LogP contribution in [0, 0.1) is 0 Å². The lowest BCUT2D eigenvalue weighted by molar-refractivity contribution is -0.0249. The van der Waals surface area contributed by atoms with E-state index in [1.807, 2.05) is 41.5 Å². The van der Waals surface area contributed by atoms with Gasteiger partial charge in [0.1, 0.15) is 11.2 Å². The molecular formula is C30H60N2O13. The van der Waals surface area contributed by atoms with Crippen LogP contribution in [0.2, 0.25) is 0 Å². The van der Waals surface area contributed by atoms with Crippen LogP contribution in [0.3, 0.4) is 0 Å². The van der Waals surface area contributed by atoms with Crippen molar-refractivity contribution in [2.75, 3.05) is 132 Å². The van der Waals surface area contributed by atoms with Crippen LogP contribution in [0.15, 0.2) is 0 Å². The van der Waals surface area contributed by atoms with E-state index in [0.717, 1.165) is 0 Å². The molecule has 0 aromatic heterocycles. The molecule has 0 aromatic rings. The maximum atomic E-state index is 11.5. The molecule has 0 saturated carbocycles. The number of carbonyl (C=O) groups is 2. The van der Waals surface area contributed by atoms with Crippen LogP contribution in [0.4, 0.5) is 9.59 Å². The summed E-state index contributed by atoms with van der Waals surface area (Å²) in [5.74, 6) is 0. The van der Waals surface area contributed by atoms with Crippen molar-refractivity contribution < 1.29 is 61.7 Å². The van der Waals surface area contributed by atoms with Crippen molar-refractivity contribution in [3.8, 4) is 0 Å². The van der Waals surface area contributed by atoms with Gasteiger partial charge < -0.3 is 62.7 Å². The number of hydrogen-bond acceptors (Lipinski definition) is 13. The van der Waals surface area contributed by atoms with Gasteiger partial charge in [-0.05, 0) is 41.5 Å². The normalized spacial score (nSPS) is 11.9. The Morgan fingerprint density at radius 1 is 0.356 bits per heavy atom. The molecule has 2 amide bonds. The van der Waals surface area contributed by atoms with Crippen molar-refractivity contribution >= 4 is 12.2 Å². The third-order valence-electron chi connectivity index (χ3n) is 4.81. The summed E-state index contributed by atoms with van der Waals surface area (Å²) in [6.45, 7) is 19.9. The average molecular weight is 657 g/mol. The van der Waals surface area contributed by atoms with Gasteiger partial charge in [-0.25, -0.2) is 9.59 Å². The van der Waals surface area contributed by atoms with E-state index >= 15 is 0 Å². The Hall–Kier alpha value is -1.82. The van der Waals surface area contributed by atoms with Crippen LogP contribution < -0.4 is 10.6 Å². The summed E-state index contributed by atoms with van der Waals surface area (Å²) in [6, 6.07) is 0. The summed E-state index contributed by atoms with van der Waals surface area (Å²) >= 11 is 0. The van der Waals surface area contributed by atoms with Crippen molar-refractivity contribution in [2.45, 2.75) is 52.7 Å². The first-order valence-electron chi connectivity index (χ1n) is 15.6. The van der Waals surface area contributed by atoms with E-state index in [1.54, 1.807) is 0 Å². The predicted molar refractivity (Wildman–Crippen MR) is 166 cm³/mol. The number of amides is 2. The van der Waals surface area contributed by atoms with E-state index in [0.29, 0.717) is 132 Å². The second-order valence-corrected chi connectivity index (χ2v) is 11.4. The third kappa shape index (κ3) is 38.3. The van der Waals surface area contributed by atoms with E-state index in [4.69, 9.17) is 52.1 Å². The minimum Gasteiger partial charge on any atom is -0.444 e. The zero-order valence-electron chi connectivity index (χ0n) is 28.4. The van der Waals surface area contributed by atoms with Crippen molar-refractivity contribution in [1.82, 2.24) is 10.6 Å². The van der Waals surface area contributed by atoms with Crippen LogP contribution in [-0.4, -0.2) is 155 Å². The number of nitrogens with one attached hydrogen (secondary N) is 2. The van der Waals surface area contributed by atoms with Gasteiger partial charge in [0.15, 0.2) is 0 Å². The molecule has 15 nitrogen and oxygen atoms in total. The fourth-order valence-corrected chi connectivity index (χ4v) is 2.94. The third-order valence-corrected chi connectivity index (χ3v) is 4.81. The molecule has 0 rings (SSSR count). The molecule has 0 spiro atoms. The maximum absolute atomic E-state index is 11.5. The number of rotatable bonds is 30. The van der Waals surface area contributed by atoms with E-state index in [2.05, 4.69) is 10.6 Å². The van der Waals surface area contributed by atoms with Crippen molar-refractivity contribution in [1.29, 1.82) is 0 Å². The molecule has 0 aliphatic carbocycles. The highest BCUT2D eigenvalue weighted by Gasteiger charge is 2.16. The maximum Gasteiger partial charge on any atom is 0.407 e. The summed E-state index contributed by atoms with van der Waals surface area (Å²) in [6.07, 6.45) is -0.911. The zero-order chi connectivity index (χ0) is 33.5. The Morgan fingerprint density at radius 3 is 0.711 bits per heavy atom. The standard InChI is InChI=1S/C30H60N2O13/c1-29(2,3)44-27(33)31-7-9-35-11-13-37-15-17-39-19-21-41-23-25-43-26-24-42-22-20-40-18-16-38-14-12-36-10-8-32-28(34)45-30(4,5)6/h7-26H2,1-6H3,(H,31,33)(H,32,34). The highest BCUT2D eigenvalue weighted by atomic mass is 16.6. The predicted octanol–water partition coefficient (Wildman–Crippen LogP) is 2.19. The quantitative estimate of drug-likeness (QED) is 0.108. The van der Waals surface area contributed by atoms with Gasteiger partial charge in [0.05, 0.1) is 119 Å². The smallest absolute Gasteiger partial charge is 0.407 e. The SMILES string of the molecule is CC(C)(C)OC(=O)NCCOCCOCCOCCOCCOCCOCCOCCOCCOCCNC(=O)OC(C)(C)C. The Bertz CT molecular complexity index is 632. The molecule has 268 valence electrons. The zero-order valence-corrected chi connectivity index (χ0v) is 28.4. The molecule has 45 heavy (non-hydrogen) atoms. The Labute approximate surface area is 269 Å². The van der Waals surface area contributed by atoms with E-state index in [1.165, 1.54) is 0 Å². The monoisotopic (exact) mass is 656 g/mol. The van der Waals surface area contributed by atoms with Gasteiger partial charge in [-0.15, -0.1) is 0 Å². The molecule has 0 radical (unpaired) electrons. The fourth-order valence-electron chi connectivity index (χ4n) is 2.94. The van der Waals surface area contributed by atoms with Gasteiger partial charge in [-0.3, -0.25) is 0 Å². The van der Waals surface area contributed by atoms with Gasteiger partial charge in [-0.1, -0.05) is 0 Å². The fraction of sp³-hybridized carbons (Fsp3) is 0.933. The molecular weight excluding hydrogens is 596 g/mol. The first-order chi connectivity index (χ1) is 21.5. The molecule has 0 aliphatic heterocycles. The Morgan fingerprint density at radius 2 is 0.533 bits per heavy atom. The summed E-state index contributed by atoms with van der Waals surface area (Å²) in [4.78, 5) is 23.0. The van der Waals surface area contributed by atoms with Gasteiger partial charge in [0.25, 0.3) is 0 Å². The van der Waals surface area contributed by atoms with Crippen LogP contribution in [0.5, 0.6) is 0 Å². The Kier molecular flexibility index (Phi) is 28.4. The Balaban J connectivity index is 3.15. The largest absolute Gasteiger partial charge is 0.444 e. The van der Waals surface area contributed by atoms with Crippen molar-refractivity contribution in [3.63, 3.8) is 0 Å². The molecule has 0 unspecified atom stereocenters. The molecule has 15 heteroatoms. The first-order valence-corrected chi connectivity index (χ1v) is 15.6. The summed E-state index contributed by atoms with van der Waals surface area (Å²) < 4.78 is 59.1. The van der Waals surface area contributed by atoms with Gasteiger partial charge in [0.2, 0.25) is 0 Å². The minimum absolute atomic E-state index is 0.379. The molecule has 0 bridgehead atoms. The highest BCUT2D eigenvalue weighted by molar-refractivity contribution is 5.67. The molecule has 0 fully saturated rings. The number of hydrogen-bond donors (Lipinski definition) is 2. The minimum atomic E-state index is -0.514. The molecule has 0 atom stereocenters. The van der Waals surface area contributed by atoms with Crippen LogP contribution in [-0.2, 0) is 52.1 Å². The second kappa shape index (κ2) is 29.6. The van der Waals surface area contributed by atoms with Crippen molar-refractivity contribution in [3.05, 3.63) is 0 Å². The topological polar surface area (TPSA) is 160 Å². The first kappa shape index (κ1) is 43.2. The lowest BCUT2D eigenvalue weighted by Crippen LogP contribution is -2.34. The molecule has 0 saturated heterocycles. The lowest BCUT2D eigenvalue weighted by atomic mass is 10.2. The van der Waals surface area contributed by atoms with Gasteiger partial charge in [0, 0.05) is 13.1 Å². The summed E-state index contributed by atoms with van der Waals surface area (Å²) in [7, 11) is 0. The van der Waals surface area contributed by atoms with Gasteiger partial charge >= 0.3 is 12.2 Å². The van der Waals surface area contributed by atoms with Crippen molar-refractivity contribution in [2.24, 2.45) is 0 Å². The van der Waals surface area contributed by atoms with E-state index in [-0.39, 0.29) is 0 Å². The number of alkyl carbamates (subject to hydrolysis) is 2. The summed E-state index contributed by atoms with van der Waals surface area (Å²) in [5, 5.41) is 5.25. The summed E-state index contributed by atoms with van der Waals surface area (Å²) in [5.41, 5.74) is -1.03. The van der Waals surface area contributed by atoms with Gasteiger partial charge in [-0.2, -0.15) is 0 Å². The van der Waals surface area contributed by atoms with Crippen LogP contribution in [0.1, 0.15) is 41.5 Å². The molecule has 0 aliphatic rings. The lowest BCUT2D eigenvalue weighted by Gasteiger charge is -2.19. The number of carbonyl (C=O) groups excluding carboxylic acids is 2. The van der Waals surface area contributed by atoms with E-state index < -0.39 is 23.4 Å². The van der Waals surface area contributed by atoms with Crippen LogP contribution >= 0.6 is 0 Å². The molecule has 2 N–H and O–H groups in total. The second-order valence-electron chi connectivity index (χ2n) is 11.4. The molecule has 0 heterocycles. The number of ether oxygens (including phenoxy) is 11. The van der Waals surface area contributed by atoms with E-state index in [9.17, 15) is 9.59 Å². The molecule has 0 aromatic carbocycles. The van der Waals surface area contributed by atoms with Crippen LogP contribution in [0.25, 0.3) is 0 Å². The highest BCUT2D eigenvalue weighted by Crippen LogP contribution is 2.06. The average Bonchev–Trinajstić information content (AvgIpc) is 2.94.